The highest BCUT2D eigenvalue weighted by atomic mass is 79.9. The Morgan fingerprint density at radius 1 is 1.21 bits per heavy atom. The highest BCUT2D eigenvalue weighted by molar-refractivity contribution is 9.10. The Hall–Kier alpha value is -1.13. The lowest BCUT2D eigenvalue weighted by Crippen LogP contribution is -2.26. The van der Waals surface area contributed by atoms with Crippen LogP contribution in [0.3, 0.4) is 0 Å². The van der Waals surface area contributed by atoms with Crippen LogP contribution < -0.4 is 15.8 Å². The third-order valence-corrected chi connectivity index (χ3v) is 8.13. The first kappa shape index (κ1) is 22.6. The molecule has 0 bridgehead atoms. The van der Waals surface area contributed by atoms with Gasteiger partial charge >= 0.3 is 6.03 Å². The number of anilines is 1. The summed E-state index contributed by atoms with van der Waals surface area (Å²) in [6, 6.07) is -0.111. The average molecular weight is 500 g/mol. The molecule has 2 aliphatic carbocycles. The molecule has 1 heterocycles. The van der Waals surface area contributed by atoms with Crippen LogP contribution in [-0.2, 0) is 31.3 Å². The lowest BCUT2D eigenvalue weighted by molar-refractivity contribution is 0.0823. The zero-order valence-electron chi connectivity index (χ0n) is 16.9. The maximum absolute atomic E-state index is 11.6. The van der Waals surface area contributed by atoms with E-state index in [9.17, 15) is 9.90 Å². The van der Waals surface area contributed by atoms with Gasteiger partial charge in [-0.05, 0) is 86.6 Å². The zero-order valence-corrected chi connectivity index (χ0v) is 20.1. The molecule has 0 radical (unpaired) electrons. The van der Waals surface area contributed by atoms with Crippen LogP contribution >= 0.6 is 39.2 Å². The summed E-state index contributed by atoms with van der Waals surface area (Å²) in [5, 5.41) is 20.5. The Balaban J connectivity index is 0.000000188. The summed E-state index contributed by atoms with van der Waals surface area (Å²) in [6.07, 6.45) is 8.47. The van der Waals surface area contributed by atoms with Crippen LogP contribution in [0.25, 0.3) is 0 Å². The van der Waals surface area contributed by atoms with Crippen molar-refractivity contribution in [2.24, 2.45) is 5.14 Å². The molecule has 0 saturated heterocycles. The minimum atomic E-state index is -0.800. The molecule has 6 nitrogen and oxygen atoms in total. The molecule has 29 heavy (non-hydrogen) atoms. The molecule has 2 aliphatic rings. The molecule has 2 aromatic rings. The second kappa shape index (κ2) is 9.34. The van der Waals surface area contributed by atoms with Gasteiger partial charge in [-0.1, -0.05) is 15.9 Å². The molecule has 0 spiro atoms. The number of halogens is 1. The maximum Gasteiger partial charge on any atom is 0.318 e. The number of nitrogens with zero attached hydrogens (tertiary/aromatic N) is 1. The van der Waals surface area contributed by atoms with Crippen LogP contribution in [0.15, 0.2) is 15.0 Å². The molecule has 5 N–H and O–H groups in total. The van der Waals surface area contributed by atoms with Crippen LogP contribution in [0.4, 0.5) is 10.5 Å². The number of fused-ring (bicyclic) bond motifs is 2. The smallest absolute Gasteiger partial charge is 0.318 e. The van der Waals surface area contributed by atoms with Gasteiger partial charge in [0.1, 0.15) is 0 Å². The van der Waals surface area contributed by atoms with Gasteiger partial charge in [0.2, 0.25) is 0 Å². The molecule has 158 valence electrons. The minimum Gasteiger partial charge on any atom is -0.385 e. The number of thiazole rings is 1. The first-order chi connectivity index (χ1) is 13.8. The van der Waals surface area contributed by atoms with Crippen molar-refractivity contribution in [2.45, 2.75) is 62.3 Å². The van der Waals surface area contributed by atoms with E-state index in [1.54, 1.807) is 27.1 Å². The Kier molecular flexibility index (Phi) is 7.27. The topological polar surface area (TPSA) is 100 Å². The Labute approximate surface area is 188 Å². The molecule has 0 aliphatic heterocycles. The van der Waals surface area contributed by atoms with Gasteiger partial charge in [0.15, 0.2) is 4.34 Å². The highest BCUT2D eigenvalue weighted by Crippen LogP contribution is 2.44. The molecule has 2 amide bonds. The first-order valence-electron chi connectivity index (χ1n) is 9.65. The third-order valence-electron chi connectivity index (χ3n) is 5.22. The van der Waals surface area contributed by atoms with Crippen molar-refractivity contribution in [3.8, 4) is 0 Å². The molecule has 0 unspecified atom stereocenters. The summed E-state index contributed by atoms with van der Waals surface area (Å²) < 4.78 is 2.09. The lowest BCUT2D eigenvalue weighted by Gasteiger charge is -2.17. The number of nitrogens with one attached hydrogen (secondary N) is 2. The molecule has 0 saturated carbocycles. The van der Waals surface area contributed by atoms with Crippen molar-refractivity contribution >= 4 is 50.9 Å². The van der Waals surface area contributed by atoms with E-state index in [0.717, 1.165) is 52.5 Å². The van der Waals surface area contributed by atoms with Crippen LogP contribution in [0.2, 0.25) is 0 Å². The monoisotopic (exact) mass is 498 g/mol. The van der Waals surface area contributed by atoms with Crippen molar-refractivity contribution in [1.29, 1.82) is 0 Å². The van der Waals surface area contributed by atoms with E-state index >= 15 is 0 Å². The van der Waals surface area contributed by atoms with E-state index in [2.05, 4.69) is 31.5 Å². The number of carbonyl (C=O) groups is 1. The summed E-state index contributed by atoms with van der Waals surface area (Å²) >= 11 is 6.29. The number of aliphatic hydroxyl groups is 1. The Bertz CT molecular complexity index is 874. The molecule has 1 aromatic heterocycles. The van der Waals surface area contributed by atoms with Crippen molar-refractivity contribution in [2.75, 3.05) is 12.4 Å². The third kappa shape index (κ3) is 4.96. The second-order valence-electron chi connectivity index (χ2n) is 7.68. The van der Waals surface area contributed by atoms with Crippen molar-refractivity contribution in [1.82, 2.24) is 10.3 Å². The van der Waals surface area contributed by atoms with Gasteiger partial charge in [-0.2, -0.15) is 0 Å². The number of hydrogen-bond donors (Lipinski definition) is 4. The fraction of sp³-hybridized carbons (Fsp3) is 0.500. The van der Waals surface area contributed by atoms with E-state index < -0.39 is 5.60 Å². The standard InChI is InChI=1S/C14H17BrN2O.C6H10N2OS2/c1-16-14(18)17-13-10-6-2-4-8(10)12(15)9-5-3-7-11(9)13;1-6(2,9)4-3-8-5(10-4)11-7/h2-7H2,1H3,(H2,16,17,18);3,9H,7H2,1-2H3. The van der Waals surface area contributed by atoms with Crippen LogP contribution in [0.5, 0.6) is 0 Å². The van der Waals surface area contributed by atoms with Gasteiger partial charge in [0.25, 0.3) is 0 Å². The molecule has 0 fully saturated rings. The zero-order chi connectivity index (χ0) is 21.2. The van der Waals surface area contributed by atoms with Crippen LogP contribution in [0.1, 0.15) is 53.8 Å². The van der Waals surface area contributed by atoms with E-state index in [1.807, 2.05) is 0 Å². The second-order valence-corrected chi connectivity index (χ2v) is 10.4. The Morgan fingerprint density at radius 3 is 2.17 bits per heavy atom. The van der Waals surface area contributed by atoms with Gasteiger partial charge in [0, 0.05) is 23.4 Å². The van der Waals surface area contributed by atoms with Crippen molar-refractivity contribution in [3.05, 3.63) is 37.8 Å². The quantitative estimate of drug-likeness (QED) is 0.466. The fourth-order valence-electron chi connectivity index (χ4n) is 3.81. The minimum absolute atomic E-state index is 0.111. The van der Waals surface area contributed by atoms with Gasteiger partial charge < -0.3 is 15.7 Å². The molecule has 4 rings (SSSR count). The van der Waals surface area contributed by atoms with E-state index in [1.165, 1.54) is 50.9 Å². The first-order valence-corrected chi connectivity index (χ1v) is 12.1. The number of carbonyl (C=O) groups excluding carboxylic acids is 1. The lowest BCUT2D eigenvalue weighted by atomic mass is 9.98. The van der Waals surface area contributed by atoms with Gasteiger partial charge in [-0.15, -0.1) is 11.3 Å². The van der Waals surface area contributed by atoms with Gasteiger partial charge in [-0.3, -0.25) is 5.14 Å². The molecular weight excluding hydrogens is 472 g/mol. The number of aromatic nitrogens is 1. The molecule has 9 heteroatoms. The predicted molar refractivity (Wildman–Crippen MR) is 124 cm³/mol. The number of benzene rings is 1. The highest BCUT2D eigenvalue weighted by Gasteiger charge is 2.28. The number of nitrogens with two attached hydrogens (primary N) is 1. The molecule has 0 atom stereocenters. The summed E-state index contributed by atoms with van der Waals surface area (Å²) in [4.78, 5) is 16.5. The predicted octanol–water partition coefficient (Wildman–Crippen LogP) is 4.51. The fourth-order valence-corrected chi connectivity index (χ4v) is 5.91. The van der Waals surface area contributed by atoms with Crippen molar-refractivity contribution < 1.29 is 9.90 Å². The number of urea groups is 1. The summed E-state index contributed by atoms with van der Waals surface area (Å²) in [5.74, 6) is 0. The average Bonchev–Trinajstić information content (AvgIpc) is 3.44. The molecular formula is C20H27BrN4O2S2. The number of amides is 2. The number of rotatable bonds is 3. The largest absolute Gasteiger partial charge is 0.385 e. The summed E-state index contributed by atoms with van der Waals surface area (Å²) in [7, 11) is 1.66. The van der Waals surface area contributed by atoms with E-state index in [-0.39, 0.29) is 6.03 Å². The maximum atomic E-state index is 11.6. The van der Waals surface area contributed by atoms with E-state index in [4.69, 9.17) is 5.14 Å². The molecule has 1 aromatic carbocycles. The van der Waals surface area contributed by atoms with E-state index in [0.29, 0.717) is 0 Å². The Morgan fingerprint density at radius 2 is 1.76 bits per heavy atom. The van der Waals surface area contributed by atoms with Gasteiger partial charge in [-0.25, -0.2) is 9.78 Å². The van der Waals surface area contributed by atoms with Crippen molar-refractivity contribution in [3.63, 3.8) is 0 Å². The van der Waals surface area contributed by atoms with Gasteiger partial charge in [0.05, 0.1) is 10.5 Å². The number of hydrogen-bond acceptors (Lipinski definition) is 6. The normalized spacial score (nSPS) is 14.7. The summed E-state index contributed by atoms with van der Waals surface area (Å²) in [6.45, 7) is 3.46. The van der Waals surface area contributed by atoms with Crippen LogP contribution in [0, 0.1) is 0 Å². The summed E-state index contributed by atoms with van der Waals surface area (Å²) in [5.41, 5.74) is 5.84. The SMILES string of the molecule is CC(C)(O)c1cnc(SN)s1.CNC(=O)Nc1c2c(c(Br)c3c1CCC3)CCC2. The van der Waals surface area contributed by atoms with Crippen LogP contribution in [-0.4, -0.2) is 23.2 Å².